The van der Waals surface area contributed by atoms with Crippen LogP contribution >= 0.6 is 15.9 Å². The predicted octanol–water partition coefficient (Wildman–Crippen LogP) is 4.19. The molecule has 0 bridgehead atoms. The van der Waals surface area contributed by atoms with Crippen LogP contribution in [0.3, 0.4) is 0 Å². The predicted molar refractivity (Wildman–Crippen MR) is 83.6 cm³/mol. The first-order valence-corrected chi connectivity index (χ1v) is 8.25. The van der Waals surface area contributed by atoms with Gasteiger partial charge in [-0.15, -0.1) is 0 Å². The summed E-state index contributed by atoms with van der Waals surface area (Å²) in [5, 5.41) is -1.11. The molecule has 0 spiro atoms. The highest BCUT2D eigenvalue weighted by Gasteiger charge is 2.37. The van der Waals surface area contributed by atoms with Crippen LogP contribution in [0.15, 0.2) is 57.9 Å². The maximum atomic E-state index is 12.6. The molecule has 0 aliphatic heterocycles. The molecule has 0 aromatic heterocycles. The molecule has 1 unspecified atom stereocenters. The van der Waals surface area contributed by atoms with E-state index in [1.807, 2.05) is 13.0 Å². The van der Waals surface area contributed by atoms with E-state index < -0.39 is 15.2 Å². The Morgan fingerprint density at radius 3 is 2.35 bits per heavy atom. The zero-order valence-corrected chi connectivity index (χ0v) is 13.2. The van der Waals surface area contributed by atoms with E-state index in [1.165, 1.54) is 0 Å². The number of nitrogens with zero attached hydrogens (tertiary/aromatic N) is 1. The maximum Gasteiger partial charge on any atom is 0.398 e. The minimum Gasteiger partial charge on any atom is -0.215 e. The van der Waals surface area contributed by atoms with E-state index in [4.69, 9.17) is 6.57 Å². The number of sulfone groups is 1. The lowest BCUT2D eigenvalue weighted by Gasteiger charge is -2.06. The van der Waals surface area contributed by atoms with Crippen LogP contribution < -0.4 is 0 Å². The zero-order valence-electron chi connectivity index (χ0n) is 10.8. The van der Waals surface area contributed by atoms with Gasteiger partial charge in [0, 0.05) is 4.47 Å². The van der Waals surface area contributed by atoms with Crippen LogP contribution in [-0.4, -0.2) is 8.42 Å². The van der Waals surface area contributed by atoms with Gasteiger partial charge in [-0.2, -0.15) is 0 Å². The number of aryl methyl sites for hydroxylation is 1. The fourth-order valence-electron chi connectivity index (χ4n) is 1.86. The van der Waals surface area contributed by atoms with E-state index in [1.54, 1.807) is 42.5 Å². The number of halogens is 1. The summed E-state index contributed by atoms with van der Waals surface area (Å²) < 4.78 is 26.0. The number of rotatable bonds is 3. The summed E-state index contributed by atoms with van der Waals surface area (Å²) in [5.41, 5.74) is 1.52. The summed E-state index contributed by atoms with van der Waals surface area (Å²) in [5.74, 6) is 0. The molecule has 0 heterocycles. The second-order valence-corrected chi connectivity index (χ2v) is 7.34. The Kier molecular flexibility index (Phi) is 4.26. The minimum atomic E-state index is -3.65. The van der Waals surface area contributed by atoms with Crippen LogP contribution in [0, 0.1) is 13.5 Å². The first-order valence-electron chi connectivity index (χ1n) is 5.91. The molecule has 20 heavy (non-hydrogen) atoms. The fraction of sp³-hybridized carbons (Fsp3) is 0.133. The monoisotopic (exact) mass is 350 g/mol. The van der Waals surface area contributed by atoms with Crippen LogP contribution in [0.1, 0.15) is 16.5 Å². The zero-order chi connectivity index (χ0) is 14.8. The topological polar surface area (TPSA) is 38.5 Å². The summed E-state index contributed by atoms with van der Waals surface area (Å²) in [6.45, 7) is 7.24. The van der Waals surface area contributed by atoms with Crippen LogP contribution in [-0.2, 0) is 9.84 Å². The minimum absolute atomic E-state index is 0.210. The Morgan fingerprint density at radius 1 is 1.15 bits per heavy atom. The van der Waals surface area contributed by atoms with Gasteiger partial charge >= 0.3 is 5.37 Å². The van der Waals surface area contributed by atoms with Crippen molar-refractivity contribution in [3.05, 3.63) is 69.0 Å². The van der Waals surface area contributed by atoms with Crippen LogP contribution in [0.25, 0.3) is 4.85 Å². The van der Waals surface area contributed by atoms with Gasteiger partial charge < -0.3 is 0 Å². The molecule has 3 nitrogen and oxygen atoms in total. The summed E-state index contributed by atoms with van der Waals surface area (Å²) >= 11 is 3.31. The first-order chi connectivity index (χ1) is 9.45. The normalized spacial score (nSPS) is 12.7. The maximum absolute atomic E-state index is 12.6. The van der Waals surface area contributed by atoms with Crippen molar-refractivity contribution in [3.8, 4) is 6.57 Å². The Bertz CT molecular complexity index is 761. The van der Waals surface area contributed by atoms with Gasteiger partial charge in [-0.1, -0.05) is 44.5 Å². The molecule has 0 aliphatic rings. The molecule has 0 fully saturated rings. The molecule has 0 amide bonds. The molecule has 1 atom stereocenters. The molecule has 2 aromatic rings. The van der Waals surface area contributed by atoms with E-state index >= 15 is 0 Å². The molecular weight excluding hydrogens is 338 g/mol. The number of hydrogen-bond donors (Lipinski definition) is 0. The lowest BCUT2D eigenvalue weighted by atomic mass is 10.2. The van der Waals surface area contributed by atoms with Crippen LogP contribution in [0.4, 0.5) is 0 Å². The Labute approximate surface area is 127 Å². The highest BCUT2D eigenvalue weighted by atomic mass is 79.9. The van der Waals surface area contributed by atoms with Crippen molar-refractivity contribution in [2.75, 3.05) is 0 Å². The van der Waals surface area contributed by atoms with E-state index in [2.05, 4.69) is 20.8 Å². The van der Waals surface area contributed by atoms with Crippen molar-refractivity contribution in [3.63, 3.8) is 0 Å². The fourth-order valence-corrected chi connectivity index (χ4v) is 3.72. The third-order valence-electron chi connectivity index (χ3n) is 2.91. The molecule has 0 N–H and O–H groups in total. The molecular formula is C15H13BrNO2S+. The average Bonchev–Trinajstić information content (AvgIpc) is 2.40. The van der Waals surface area contributed by atoms with Gasteiger partial charge in [0.1, 0.15) is 0 Å². The molecule has 0 aliphatic carbocycles. The molecule has 0 saturated heterocycles. The van der Waals surface area contributed by atoms with Gasteiger partial charge in [-0.05, 0) is 37.3 Å². The van der Waals surface area contributed by atoms with Gasteiger partial charge in [0.15, 0.2) is 0 Å². The van der Waals surface area contributed by atoms with Crippen molar-refractivity contribution in [1.82, 2.24) is 0 Å². The van der Waals surface area contributed by atoms with E-state index in [0.29, 0.717) is 5.56 Å². The van der Waals surface area contributed by atoms with Gasteiger partial charge in [-0.25, -0.2) is 8.42 Å². The second-order valence-electron chi connectivity index (χ2n) is 4.41. The quantitative estimate of drug-likeness (QED) is 0.832. The molecule has 0 radical (unpaired) electrons. The molecule has 0 saturated carbocycles. The van der Waals surface area contributed by atoms with Crippen molar-refractivity contribution in [2.24, 2.45) is 0 Å². The van der Waals surface area contributed by atoms with E-state index in [9.17, 15) is 8.42 Å². The lowest BCUT2D eigenvalue weighted by Crippen LogP contribution is -2.10. The van der Waals surface area contributed by atoms with Crippen LogP contribution in [0.2, 0.25) is 0 Å². The Morgan fingerprint density at radius 2 is 1.80 bits per heavy atom. The average molecular weight is 351 g/mol. The van der Waals surface area contributed by atoms with Gasteiger partial charge in [0.2, 0.25) is 0 Å². The largest absolute Gasteiger partial charge is 0.398 e. The third kappa shape index (κ3) is 2.92. The van der Waals surface area contributed by atoms with E-state index in [-0.39, 0.29) is 4.90 Å². The highest BCUT2D eigenvalue weighted by Crippen LogP contribution is 2.31. The highest BCUT2D eigenvalue weighted by molar-refractivity contribution is 9.10. The summed E-state index contributed by atoms with van der Waals surface area (Å²) in [6, 6.07) is 13.6. The van der Waals surface area contributed by atoms with Gasteiger partial charge in [-0.3, -0.25) is 0 Å². The summed E-state index contributed by atoms with van der Waals surface area (Å²) in [4.78, 5) is 3.77. The third-order valence-corrected chi connectivity index (χ3v) is 5.32. The van der Waals surface area contributed by atoms with E-state index in [0.717, 1.165) is 10.0 Å². The molecule has 2 rings (SSSR count). The van der Waals surface area contributed by atoms with Crippen LogP contribution in [0.5, 0.6) is 0 Å². The number of benzene rings is 2. The Hall–Kier alpha value is -1.64. The number of hydrogen-bond acceptors (Lipinski definition) is 2. The van der Waals surface area contributed by atoms with Gasteiger partial charge in [0.25, 0.3) is 16.4 Å². The SMILES string of the molecule is C#[N+]C(c1cccc(Br)c1)S(=O)(=O)c1ccc(C)cc1. The van der Waals surface area contributed by atoms with Gasteiger partial charge in [0.05, 0.1) is 10.5 Å². The standard InChI is InChI=1S/C15H13BrNO2S/c1-11-6-8-14(9-7-11)20(18,19)15(17-2)12-4-3-5-13(16)10-12/h2-10,15H,1H3/q+1. The second kappa shape index (κ2) is 5.78. The molecule has 2 aromatic carbocycles. The molecule has 102 valence electrons. The summed E-state index contributed by atoms with van der Waals surface area (Å²) in [7, 11) is -3.65. The first kappa shape index (κ1) is 14.8. The van der Waals surface area contributed by atoms with Crippen molar-refractivity contribution < 1.29 is 8.42 Å². The Balaban J connectivity index is 2.51. The van der Waals surface area contributed by atoms with Crippen molar-refractivity contribution in [1.29, 1.82) is 0 Å². The smallest absolute Gasteiger partial charge is 0.215 e. The lowest BCUT2D eigenvalue weighted by molar-refractivity contribution is 0.590. The summed E-state index contributed by atoms with van der Waals surface area (Å²) in [6.07, 6.45) is 0. The van der Waals surface area contributed by atoms with Crippen molar-refractivity contribution >= 4 is 25.8 Å². The molecule has 5 heteroatoms. The van der Waals surface area contributed by atoms with Crippen molar-refractivity contribution in [2.45, 2.75) is 17.2 Å².